The third-order valence-corrected chi connectivity index (χ3v) is 6.53. The van der Waals surface area contributed by atoms with Gasteiger partial charge in [0, 0.05) is 43.6 Å². The van der Waals surface area contributed by atoms with Crippen molar-refractivity contribution in [3.8, 4) is 0 Å². The van der Waals surface area contributed by atoms with Crippen molar-refractivity contribution in [1.29, 1.82) is 0 Å². The molecule has 2 aliphatic heterocycles. The monoisotopic (exact) mass is 365 g/mol. The number of likely N-dealkylation sites (tertiary alicyclic amines) is 2. The second-order valence-corrected chi connectivity index (χ2v) is 8.60. The first kappa shape index (κ1) is 19.6. The third-order valence-electron chi connectivity index (χ3n) is 6.53. The molecule has 3 fully saturated rings. The van der Waals surface area contributed by atoms with E-state index in [0.717, 1.165) is 51.6 Å². The van der Waals surface area contributed by atoms with E-state index in [-0.39, 0.29) is 29.3 Å². The summed E-state index contributed by atoms with van der Waals surface area (Å²) in [4.78, 5) is 29.2. The maximum Gasteiger partial charge on any atom is 0.234 e. The Morgan fingerprint density at radius 2 is 1.88 bits per heavy atom. The molecule has 2 N–H and O–H groups in total. The maximum atomic E-state index is 12.8. The van der Waals surface area contributed by atoms with E-state index in [0.29, 0.717) is 32.1 Å². The Morgan fingerprint density at radius 1 is 1.15 bits per heavy atom. The van der Waals surface area contributed by atoms with Crippen molar-refractivity contribution < 1.29 is 14.7 Å². The minimum Gasteiger partial charge on any atom is -0.392 e. The van der Waals surface area contributed by atoms with Crippen LogP contribution >= 0.6 is 0 Å². The first-order chi connectivity index (χ1) is 12.5. The summed E-state index contributed by atoms with van der Waals surface area (Å²) in [5.41, 5.74) is -0.280. The Balaban J connectivity index is 1.63. The van der Waals surface area contributed by atoms with Gasteiger partial charge in [-0.15, -0.1) is 0 Å². The van der Waals surface area contributed by atoms with E-state index < -0.39 is 0 Å². The van der Waals surface area contributed by atoms with E-state index in [9.17, 15) is 14.7 Å². The lowest BCUT2D eigenvalue weighted by atomic mass is 9.71. The highest BCUT2D eigenvalue weighted by molar-refractivity contribution is 5.79. The molecule has 3 rings (SSSR count). The number of hydrogen-bond donors (Lipinski definition) is 2. The van der Waals surface area contributed by atoms with Gasteiger partial charge < -0.3 is 15.3 Å². The van der Waals surface area contributed by atoms with Crippen LogP contribution in [0.4, 0.5) is 0 Å². The second kappa shape index (κ2) is 8.26. The average Bonchev–Trinajstić information content (AvgIpc) is 3.43. The number of carbonyl (C=O) groups is 2. The van der Waals surface area contributed by atoms with Gasteiger partial charge in [-0.3, -0.25) is 14.5 Å². The summed E-state index contributed by atoms with van der Waals surface area (Å²) in [5.74, 6) is 0.427. The average molecular weight is 366 g/mol. The molecule has 0 aromatic carbocycles. The van der Waals surface area contributed by atoms with Crippen molar-refractivity contribution in [2.45, 2.75) is 70.9 Å². The molecule has 26 heavy (non-hydrogen) atoms. The molecule has 6 nitrogen and oxygen atoms in total. The second-order valence-electron chi connectivity index (χ2n) is 8.60. The Morgan fingerprint density at radius 3 is 2.54 bits per heavy atom. The van der Waals surface area contributed by atoms with Crippen LogP contribution < -0.4 is 5.32 Å². The fourth-order valence-electron chi connectivity index (χ4n) is 4.73. The van der Waals surface area contributed by atoms with Crippen molar-refractivity contribution in [1.82, 2.24) is 15.1 Å². The van der Waals surface area contributed by atoms with Crippen LogP contribution in [0.15, 0.2) is 0 Å². The largest absolute Gasteiger partial charge is 0.392 e. The molecule has 0 radical (unpaired) electrons. The Kier molecular flexibility index (Phi) is 6.23. The topological polar surface area (TPSA) is 72.9 Å². The molecule has 3 aliphatic rings. The van der Waals surface area contributed by atoms with Gasteiger partial charge in [0.05, 0.1) is 12.6 Å². The predicted molar refractivity (Wildman–Crippen MR) is 101 cm³/mol. The summed E-state index contributed by atoms with van der Waals surface area (Å²) in [6.45, 7) is 7.44. The number of rotatable bonds is 6. The summed E-state index contributed by atoms with van der Waals surface area (Å²) >= 11 is 0. The van der Waals surface area contributed by atoms with Crippen molar-refractivity contribution in [3.63, 3.8) is 0 Å². The molecule has 1 aliphatic carbocycles. The number of piperidine rings is 2. The highest BCUT2D eigenvalue weighted by Crippen LogP contribution is 2.39. The zero-order valence-corrected chi connectivity index (χ0v) is 16.4. The Hall–Kier alpha value is -1.14. The van der Waals surface area contributed by atoms with E-state index in [1.165, 1.54) is 0 Å². The van der Waals surface area contributed by atoms with Crippen molar-refractivity contribution >= 4 is 11.8 Å². The molecule has 148 valence electrons. The molecule has 1 spiro atoms. The fraction of sp³-hybridized carbons (Fsp3) is 0.900. The molecule has 0 bridgehead atoms. The van der Waals surface area contributed by atoms with E-state index in [2.05, 4.69) is 24.1 Å². The number of aliphatic hydroxyl groups is 1. The minimum atomic E-state index is -0.387. The minimum absolute atomic E-state index is 0.0892. The lowest BCUT2D eigenvalue weighted by Gasteiger charge is -2.51. The van der Waals surface area contributed by atoms with Crippen LogP contribution in [0.25, 0.3) is 0 Å². The molecular weight excluding hydrogens is 330 g/mol. The number of aliphatic hydroxyl groups excluding tert-OH is 1. The van der Waals surface area contributed by atoms with Gasteiger partial charge in [-0.1, -0.05) is 13.8 Å². The smallest absolute Gasteiger partial charge is 0.234 e. The molecule has 1 saturated carbocycles. The summed E-state index contributed by atoms with van der Waals surface area (Å²) in [6.07, 6.45) is 6.10. The molecule has 2 saturated heterocycles. The standard InChI is InChI=1S/C20H35N3O3/c1-3-15(4-2)19(26)23-10-5-9-20(14-23)13-22(11-8-17(20)24)12-18(25)21-16-6-7-16/h15-17,24H,3-14H2,1-2H3,(H,21,25)/t17-,20-/m1/s1. The van der Waals surface area contributed by atoms with Crippen LogP contribution in [0.1, 0.15) is 58.8 Å². The van der Waals surface area contributed by atoms with E-state index in [1.807, 2.05) is 4.90 Å². The first-order valence-corrected chi connectivity index (χ1v) is 10.5. The van der Waals surface area contributed by atoms with Crippen molar-refractivity contribution in [2.75, 3.05) is 32.7 Å². The van der Waals surface area contributed by atoms with Gasteiger partial charge in [-0.2, -0.15) is 0 Å². The van der Waals surface area contributed by atoms with Gasteiger partial charge in [-0.05, 0) is 44.9 Å². The lowest BCUT2D eigenvalue weighted by Crippen LogP contribution is -2.61. The molecule has 0 aromatic rings. The normalized spacial score (nSPS) is 30.0. The number of carbonyl (C=O) groups excluding carboxylic acids is 2. The molecular formula is C20H35N3O3. The summed E-state index contributed by atoms with van der Waals surface area (Å²) in [7, 11) is 0. The van der Waals surface area contributed by atoms with E-state index >= 15 is 0 Å². The van der Waals surface area contributed by atoms with Gasteiger partial charge in [0.15, 0.2) is 0 Å². The fourth-order valence-corrected chi connectivity index (χ4v) is 4.73. The number of nitrogens with zero attached hydrogens (tertiary/aromatic N) is 2. The van der Waals surface area contributed by atoms with E-state index in [4.69, 9.17) is 0 Å². The van der Waals surface area contributed by atoms with Crippen molar-refractivity contribution in [3.05, 3.63) is 0 Å². The van der Waals surface area contributed by atoms with Crippen LogP contribution in [0.5, 0.6) is 0 Å². The number of nitrogens with one attached hydrogen (secondary N) is 1. The molecule has 2 heterocycles. The van der Waals surface area contributed by atoms with Gasteiger partial charge in [0.1, 0.15) is 0 Å². The molecule has 0 aromatic heterocycles. The first-order valence-electron chi connectivity index (χ1n) is 10.5. The van der Waals surface area contributed by atoms with Gasteiger partial charge in [0.25, 0.3) is 0 Å². The third kappa shape index (κ3) is 4.39. The van der Waals surface area contributed by atoms with Gasteiger partial charge in [0.2, 0.25) is 11.8 Å². The maximum absolute atomic E-state index is 12.8. The highest BCUT2D eigenvalue weighted by Gasteiger charge is 2.47. The molecule has 2 amide bonds. The van der Waals surface area contributed by atoms with Crippen LogP contribution in [-0.2, 0) is 9.59 Å². The van der Waals surface area contributed by atoms with Crippen LogP contribution in [-0.4, -0.2) is 71.6 Å². The Labute approximate surface area is 157 Å². The highest BCUT2D eigenvalue weighted by atomic mass is 16.3. The SMILES string of the molecule is CCC(CC)C(=O)N1CCC[C@@]2(CN(CC(=O)NC3CC3)CC[C@H]2O)C1. The van der Waals surface area contributed by atoms with Gasteiger partial charge in [-0.25, -0.2) is 0 Å². The van der Waals surface area contributed by atoms with Crippen molar-refractivity contribution in [2.24, 2.45) is 11.3 Å². The number of hydrogen-bond acceptors (Lipinski definition) is 4. The molecule has 0 unspecified atom stereocenters. The molecule has 2 atom stereocenters. The summed E-state index contributed by atoms with van der Waals surface area (Å²) in [5, 5.41) is 13.8. The Bertz CT molecular complexity index is 518. The van der Waals surface area contributed by atoms with Crippen LogP contribution in [0.3, 0.4) is 0 Å². The zero-order chi connectivity index (χ0) is 18.7. The number of amides is 2. The molecule has 6 heteroatoms. The quantitative estimate of drug-likeness (QED) is 0.746. The summed E-state index contributed by atoms with van der Waals surface area (Å²) < 4.78 is 0. The van der Waals surface area contributed by atoms with Crippen LogP contribution in [0, 0.1) is 11.3 Å². The predicted octanol–water partition coefficient (Wildman–Crippen LogP) is 1.38. The zero-order valence-electron chi connectivity index (χ0n) is 16.4. The lowest BCUT2D eigenvalue weighted by molar-refractivity contribution is -0.146. The van der Waals surface area contributed by atoms with E-state index in [1.54, 1.807) is 0 Å². The van der Waals surface area contributed by atoms with Crippen LogP contribution in [0.2, 0.25) is 0 Å². The van der Waals surface area contributed by atoms with Gasteiger partial charge >= 0.3 is 0 Å². The summed E-state index contributed by atoms with van der Waals surface area (Å²) in [6, 6.07) is 0.384.